The van der Waals surface area contributed by atoms with Gasteiger partial charge in [0.2, 0.25) is 0 Å². The van der Waals surface area contributed by atoms with Gasteiger partial charge in [-0.05, 0) is 415 Å². The predicted molar refractivity (Wildman–Crippen MR) is 383 cm³/mol. The molecule has 96 heavy (non-hydrogen) atoms. The maximum absolute atomic E-state index is 16.4. The molecule has 0 N–H and O–H groups in total. The molecule has 19 aliphatic rings. The molecule has 0 fully saturated rings. The molecule has 0 saturated carbocycles. The van der Waals surface area contributed by atoms with Gasteiger partial charge in [-0.3, -0.25) is 19.4 Å². The Balaban J connectivity index is 0.881. The van der Waals surface area contributed by atoms with Crippen molar-refractivity contribution in [3.63, 3.8) is 0 Å². The third-order valence-corrected chi connectivity index (χ3v) is 32.8. The van der Waals surface area contributed by atoms with Crippen LogP contribution in [0, 0.1) is 0 Å². The van der Waals surface area contributed by atoms with E-state index in [0.29, 0.717) is 0 Å². The van der Waals surface area contributed by atoms with E-state index in [0.717, 1.165) is 77.5 Å². The smallest absolute Gasteiger partial charge is 0.320 e. The van der Waals surface area contributed by atoms with Crippen molar-refractivity contribution >= 4 is 212 Å². The molecule has 8 nitrogen and oxygen atoms in total. The molecule has 19 aliphatic carbocycles. The van der Waals surface area contributed by atoms with Crippen LogP contribution in [0.2, 0.25) is 0 Å². The molecule has 0 amide bonds. The monoisotopic (exact) mass is 1230 g/mol. The molecule has 6 spiro atoms. The predicted octanol–water partition coefficient (Wildman–Crippen LogP) is 15.7. The summed E-state index contributed by atoms with van der Waals surface area (Å²) < 4.78 is 16.2. The number of nitrogens with zero attached hydrogens (tertiary/aromatic N) is 4. The lowest BCUT2D eigenvalue weighted by Gasteiger charge is -2.65. The van der Waals surface area contributed by atoms with Gasteiger partial charge >= 0.3 is 11.9 Å². The van der Waals surface area contributed by atoms with Gasteiger partial charge in [0.1, 0.15) is 12.2 Å². The van der Waals surface area contributed by atoms with Gasteiger partial charge in [-0.2, -0.15) is 0 Å². The third kappa shape index (κ3) is 2.93. The molecule has 8 atom stereocenters. The van der Waals surface area contributed by atoms with Gasteiger partial charge in [0.05, 0.1) is 45.6 Å². The molecular weight excluding hydrogens is 1180 g/mol. The average molecular weight is 1230 g/mol. The van der Waals surface area contributed by atoms with Crippen LogP contribution in [0.4, 0.5) is 0 Å². The molecule has 24 bridgehead atoms. The highest BCUT2D eigenvalue weighted by Gasteiger charge is 2.88. The first-order valence-electron chi connectivity index (χ1n) is 36.8. The van der Waals surface area contributed by atoms with Gasteiger partial charge in [0.25, 0.3) is 0 Å². The summed E-state index contributed by atoms with van der Waals surface area (Å²) >= 11 is 0. The Morgan fingerprint density at radius 3 is 1.52 bits per heavy atom. The number of carbonyl (C=O) groups excluding carboxylic acids is 2. The standard InChI is InChI=1S/C88H52N4O4/c1-89(2)15-11-17-91(5)23-33(93)95-31-20-26-14-10-8-7-9-13-25-19-32(96-34(94)24-92(6)18-12-16-90(3)4)88-73-62-51-56-49-46-45-39-29-21-27-35-41(39)47(46)59-65-43(35)44-36(27)53-38-28-22-30-40-42-37(28)54-50-48(42)60-63(73)52-57(50)75-77(58(51)52)84(71(56)59)78(65)76-64(44)55(38)70(54)83(75,76)81(53)82(84)86(26)69(29)68-66(45)72(61(49)62)85(25,88)79(68)80(87(30,31)86)67(40)74(60)88/h19-22,31-32H,7-18,23-24H2,1-6H3. The third-order valence-electron chi connectivity index (χ3n) is 32.8. The molecule has 0 radical (unpaired) electrons. The number of rotatable bonds is 14. The minimum atomic E-state index is -0.913. The van der Waals surface area contributed by atoms with Gasteiger partial charge in [0.15, 0.2) is 0 Å². The first kappa shape index (κ1) is 44.9. The van der Waals surface area contributed by atoms with E-state index >= 15 is 9.59 Å². The van der Waals surface area contributed by atoms with Crippen molar-refractivity contribution in [3.05, 3.63) is 119 Å². The fraction of sp³-hybridized carbons (Fsp3) is 0.318. The van der Waals surface area contributed by atoms with E-state index in [1.54, 1.807) is 202 Å². The molecule has 0 saturated heterocycles. The number of ether oxygens (including phenoxy) is 2. The molecule has 17 aromatic rings. The zero-order chi connectivity index (χ0) is 60.9. The molecule has 0 heterocycles. The Bertz CT molecular complexity index is 7690. The number of esters is 2. The van der Waals surface area contributed by atoms with E-state index < -0.39 is 44.7 Å². The first-order valence-corrected chi connectivity index (χ1v) is 36.8. The number of hydrogen-bond acceptors (Lipinski definition) is 8. The highest BCUT2D eigenvalue weighted by Crippen LogP contribution is 2.96. The number of likely N-dealkylation sites (N-methyl/N-ethyl adjacent to an activating group) is 2. The lowest BCUT2D eigenvalue weighted by molar-refractivity contribution is -0.151. The van der Waals surface area contributed by atoms with Crippen LogP contribution < -0.4 is 0 Å². The van der Waals surface area contributed by atoms with Crippen LogP contribution in [0.25, 0.3) is 200 Å². The second kappa shape index (κ2) is 11.5. The van der Waals surface area contributed by atoms with Crippen LogP contribution in [-0.2, 0) is 51.6 Å². The van der Waals surface area contributed by atoms with E-state index in [4.69, 9.17) is 9.47 Å². The second-order valence-electron chi connectivity index (χ2n) is 35.5. The molecule has 0 aliphatic heterocycles. The Morgan fingerprint density at radius 1 is 0.375 bits per heavy atom. The number of fused-ring (bicyclic) bond motifs is 2. The normalized spacial score (nSPS) is 30.4. The van der Waals surface area contributed by atoms with Crippen LogP contribution in [0.1, 0.15) is 129 Å². The topological polar surface area (TPSA) is 65.6 Å². The number of hydrogen-bond donors (Lipinski definition) is 0. The van der Waals surface area contributed by atoms with Crippen LogP contribution in [0.3, 0.4) is 0 Å². The summed E-state index contributed by atoms with van der Waals surface area (Å²) in [6.45, 7) is 4.06. The zero-order valence-electron chi connectivity index (χ0n) is 53.8. The zero-order valence-corrected chi connectivity index (χ0v) is 53.8. The molecular formula is C88H52N4O4. The SMILES string of the molecule is CN(C)CCCN(C)CC(=O)OC1C=C2CCCCCCC3=CC(OC(=O)CN(C)CCCN(C)C)C45c6c7c8c4c4c9c%10cc%11c%12c%13c%14c%15cc%16c%17c%18c%19c%20c%21c6c6c%22c%23c%24c(c7%22)c7c(c%22c%12c%12c%25c%26c%27c%28c(c6c%21c6c%19c%16c(c%15c%27c%14%12)c%286)C%23%26C(=C%13C%24%22%25)C2%17C%101C4=C%18C3%205)c%11c9c87. The number of allylic oxidation sites excluding steroid dienone is 5. The van der Waals surface area contributed by atoms with Crippen molar-refractivity contribution in [3.8, 4) is 0 Å². The first-order chi connectivity index (χ1) is 47.0. The van der Waals surface area contributed by atoms with E-state index in [1.807, 2.05) is 0 Å². The summed E-state index contributed by atoms with van der Waals surface area (Å²) in [6, 6.07) is 5.81. The maximum Gasteiger partial charge on any atom is 0.320 e. The Hall–Kier alpha value is -8.76. The minimum Gasteiger partial charge on any atom is -0.456 e. The van der Waals surface area contributed by atoms with Crippen LogP contribution in [0.5, 0.6) is 0 Å². The number of carbonyl (C=O) groups is 2. The van der Waals surface area contributed by atoms with Crippen molar-refractivity contribution < 1.29 is 19.1 Å². The van der Waals surface area contributed by atoms with Gasteiger partial charge in [-0.15, -0.1) is 0 Å². The van der Waals surface area contributed by atoms with E-state index in [1.165, 1.54) is 92.6 Å². The second-order valence-corrected chi connectivity index (χ2v) is 35.5. The van der Waals surface area contributed by atoms with Crippen LogP contribution in [-0.4, -0.2) is 125 Å². The molecule has 448 valence electrons. The van der Waals surface area contributed by atoms with Crippen molar-refractivity contribution in [1.29, 1.82) is 0 Å². The van der Waals surface area contributed by atoms with Gasteiger partial charge in [0, 0.05) is 0 Å². The quantitative estimate of drug-likeness (QED) is 0.0606. The lowest BCUT2D eigenvalue weighted by atomic mass is 9.34. The van der Waals surface area contributed by atoms with E-state index in [9.17, 15) is 0 Å². The van der Waals surface area contributed by atoms with Gasteiger partial charge in [-0.1, -0.05) is 24.0 Å². The van der Waals surface area contributed by atoms with Crippen molar-refractivity contribution in [2.75, 3.05) is 81.6 Å². The summed E-state index contributed by atoms with van der Waals surface area (Å²) in [5.74, 6) is -0.212. The van der Waals surface area contributed by atoms with Crippen molar-refractivity contribution in [1.82, 2.24) is 19.6 Å². The highest BCUT2D eigenvalue weighted by molar-refractivity contribution is 6.69. The van der Waals surface area contributed by atoms with E-state index in [-0.39, 0.29) is 25.0 Å². The van der Waals surface area contributed by atoms with E-state index in [2.05, 4.69) is 86.2 Å². The van der Waals surface area contributed by atoms with Crippen molar-refractivity contribution in [2.24, 2.45) is 0 Å². The average Bonchev–Trinajstić information content (AvgIpc) is 1.36. The molecule has 0 aromatic heterocycles. The lowest BCUT2D eigenvalue weighted by Crippen LogP contribution is -2.64. The maximum atomic E-state index is 16.4. The van der Waals surface area contributed by atoms with Crippen LogP contribution in [0.15, 0.2) is 41.0 Å². The van der Waals surface area contributed by atoms with Crippen molar-refractivity contribution in [2.45, 2.75) is 96.1 Å². The fourth-order valence-corrected chi connectivity index (χ4v) is 32.2. The van der Waals surface area contributed by atoms with Crippen LogP contribution >= 0.6 is 0 Å². The van der Waals surface area contributed by atoms with Gasteiger partial charge < -0.3 is 19.3 Å². The molecule has 8 heteroatoms. The number of benzene rings is 12. The summed E-state index contributed by atoms with van der Waals surface area (Å²) in [5.41, 5.74) is 27.6. The minimum absolute atomic E-state index is 0.105. The Morgan fingerprint density at radius 2 is 0.823 bits per heavy atom. The van der Waals surface area contributed by atoms with Gasteiger partial charge in [-0.25, -0.2) is 0 Å². The molecule has 36 rings (SSSR count). The fourth-order valence-electron chi connectivity index (χ4n) is 32.2. The summed E-state index contributed by atoms with van der Waals surface area (Å²) in [4.78, 5) is 41.5. The molecule has 8 unspecified atom stereocenters. The Kier molecular flexibility index (Phi) is 5.38. The molecule has 17 aromatic carbocycles. The largest absolute Gasteiger partial charge is 0.456 e. The highest BCUT2D eigenvalue weighted by atomic mass is 16.5. The summed E-state index contributed by atoms with van der Waals surface area (Å²) in [7, 11) is 12.9. The Labute approximate surface area is 543 Å². The summed E-state index contributed by atoms with van der Waals surface area (Å²) in [5, 5.41) is 53.1. The summed E-state index contributed by atoms with van der Waals surface area (Å²) in [6.07, 6.45) is 12.6.